The van der Waals surface area contributed by atoms with E-state index in [0.29, 0.717) is 5.56 Å². The first-order valence-corrected chi connectivity index (χ1v) is 8.17. The molecule has 0 spiro atoms. The van der Waals surface area contributed by atoms with Crippen molar-refractivity contribution in [1.29, 1.82) is 0 Å². The van der Waals surface area contributed by atoms with Crippen LogP contribution in [-0.2, 0) is 0 Å². The fourth-order valence-electron chi connectivity index (χ4n) is 2.44. The summed E-state index contributed by atoms with van der Waals surface area (Å²) in [4.78, 5) is 12.3. The van der Waals surface area contributed by atoms with Gasteiger partial charge in [0.25, 0.3) is 5.91 Å². The van der Waals surface area contributed by atoms with Gasteiger partial charge < -0.3 is 15.2 Å². The molecule has 0 bridgehead atoms. The molecule has 1 amide bonds. The van der Waals surface area contributed by atoms with Gasteiger partial charge in [-0.25, -0.2) is 0 Å². The van der Waals surface area contributed by atoms with Gasteiger partial charge in [0.05, 0.1) is 12.2 Å². The van der Waals surface area contributed by atoms with E-state index in [1.54, 1.807) is 6.07 Å². The molecule has 4 nitrogen and oxygen atoms in total. The highest BCUT2D eigenvalue weighted by molar-refractivity contribution is 5.95. The van der Waals surface area contributed by atoms with Gasteiger partial charge in [-0.2, -0.15) is 0 Å². The lowest BCUT2D eigenvalue weighted by atomic mass is 10.0. The molecule has 0 aliphatic rings. The predicted octanol–water partition coefficient (Wildman–Crippen LogP) is 3.55. The molecule has 0 aromatic heterocycles. The second kappa shape index (κ2) is 7.97. The number of carbonyl (C=O) groups is 1. The van der Waals surface area contributed by atoms with E-state index in [1.807, 2.05) is 64.1 Å². The van der Waals surface area contributed by atoms with E-state index < -0.39 is 6.10 Å². The van der Waals surface area contributed by atoms with Crippen molar-refractivity contribution in [1.82, 2.24) is 5.32 Å². The maximum Gasteiger partial charge on any atom is 0.251 e. The Hall–Kier alpha value is -2.33. The fourth-order valence-corrected chi connectivity index (χ4v) is 2.44. The van der Waals surface area contributed by atoms with Crippen LogP contribution in [0.1, 0.15) is 47.0 Å². The Kier molecular flexibility index (Phi) is 5.99. The van der Waals surface area contributed by atoms with Crippen LogP contribution in [-0.4, -0.2) is 23.7 Å². The third-order valence-corrected chi connectivity index (χ3v) is 3.94. The van der Waals surface area contributed by atoms with Crippen LogP contribution in [0.2, 0.25) is 0 Å². The third kappa shape index (κ3) is 4.59. The Labute approximate surface area is 143 Å². The molecule has 1 unspecified atom stereocenters. The molecule has 0 heterocycles. The average Bonchev–Trinajstić information content (AvgIpc) is 2.55. The number of aliphatic hydroxyl groups is 1. The van der Waals surface area contributed by atoms with E-state index in [-0.39, 0.29) is 18.6 Å². The first-order valence-electron chi connectivity index (χ1n) is 8.17. The standard InChI is InChI=1S/C20H25NO3/c1-13(2)24-17-10-8-16(9-11-17)19(22)12-21-20(23)18-7-5-6-14(3)15(18)4/h5-11,13,19,22H,12H2,1-4H3,(H,21,23). The molecule has 0 aliphatic heterocycles. The van der Waals surface area contributed by atoms with Crippen LogP contribution in [0.3, 0.4) is 0 Å². The summed E-state index contributed by atoms with van der Waals surface area (Å²) in [6.45, 7) is 7.99. The van der Waals surface area contributed by atoms with Gasteiger partial charge in [-0.1, -0.05) is 24.3 Å². The van der Waals surface area contributed by atoms with Crippen molar-refractivity contribution in [2.45, 2.75) is 39.9 Å². The molecule has 128 valence electrons. The Bertz CT molecular complexity index is 693. The van der Waals surface area contributed by atoms with E-state index in [4.69, 9.17) is 4.74 Å². The number of ether oxygens (including phenoxy) is 1. The van der Waals surface area contributed by atoms with Crippen LogP contribution in [0.15, 0.2) is 42.5 Å². The van der Waals surface area contributed by atoms with Crippen molar-refractivity contribution in [3.05, 3.63) is 64.7 Å². The van der Waals surface area contributed by atoms with Gasteiger partial charge >= 0.3 is 0 Å². The van der Waals surface area contributed by atoms with E-state index in [0.717, 1.165) is 22.4 Å². The first kappa shape index (κ1) is 18.0. The number of benzene rings is 2. The van der Waals surface area contributed by atoms with E-state index in [1.165, 1.54) is 0 Å². The summed E-state index contributed by atoms with van der Waals surface area (Å²) in [5, 5.41) is 13.0. The molecule has 24 heavy (non-hydrogen) atoms. The summed E-state index contributed by atoms with van der Waals surface area (Å²) in [7, 11) is 0. The van der Waals surface area contributed by atoms with Crippen LogP contribution in [0.4, 0.5) is 0 Å². The van der Waals surface area contributed by atoms with Gasteiger partial charge in [-0.05, 0) is 62.6 Å². The van der Waals surface area contributed by atoms with Gasteiger partial charge in [0.1, 0.15) is 5.75 Å². The Morgan fingerprint density at radius 3 is 2.42 bits per heavy atom. The van der Waals surface area contributed by atoms with E-state index in [9.17, 15) is 9.90 Å². The molecule has 4 heteroatoms. The summed E-state index contributed by atoms with van der Waals surface area (Å²) in [6.07, 6.45) is -0.648. The average molecular weight is 327 g/mol. The number of rotatable bonds is 6. The summed E-state index contributed by atoms with van der Waals surface area (Å²) in [6, 6.07) is 12.9. The summed E-state index contributed by atoms with van der Waals surface area (Å²) < 4.78 is 5.58. The summed E-state index contributed by atoms with van der Waals surface area (Å²) in [5.74, 6) is 0.593. The zero-order chi connectivity index (χ0) is 17.7. The molecule has 2 rings (SSSR count). The molecule has 2 aromatic rings. The topological polar surface area (TPSA) is 58.6 Å². The highest BCUT2D eigenvalue weighted by Gasteiger charge is 2.13. The van der Waals surface area contributed by atoms with Crippen LogP contribution in [0.25, 0.3) is 0 Å². The molecule has 0 aliphatic carbocycles. The zero-order valence-electron chi connectivity index (χ0n) is 14.7. The smallest absolute Gasteiger partial charge is 0.251 e. The normalized spacial score (nSPS) is 12.1. The minimum atomic E-state index is -0.757. The quantitative estimate of drug-likeness (QED) is 0.853. The summed E-state index contributed by atoms with van der Waals surface area (Å²) in [5.41, 5.74) is 3.42. The number of aliphatic hydroxyl groups excluding tert-OH is 1. The molecule has 0 saturated carbocycles. The lowest BCUT2D eigenvalue weighted by Gasteiger charge is -2.15. The minimum absolute atomic E-state index is 0.109. The van der Waals surface area contributed by atoms with E-state index in [2.05, 4.69) is 5.32 Å². The van der Waals surface area contributed by atoms with Crippen LogP contribution < -0.4 is 10.1 Å². The van der Waals surface area contributed by atoms with Crippen molar-refractivity contribution >= 4 is 5.91 Å². The molecule has 0 radical (unpaired) electrons. The number of hydrogen-bond acceptors (Lipinski definition) is 3. The number of amides is 1. The van der Waals surface area contributed by atoms with Gasteiger partial charge in [0.2, 0.25) is 0 Å². The molecular formula is C20H25NO3. The SMILES string of the molecule is Cc1cccc(C(=O)NCC(O)c2ccc(OC(C)C)cc2)c1C. The molecule has 1 atom stereocenters. The van der Waals surface area contributed by atoms with E-state index >= 15 is 0 Å². The van der Waals surface area contributed by atoms with Crippen molar-refractivity contribution in [3.63, 3.8) is 0 Å². The van der Waals surface area contributed by atoms with Crippen LogP contribution >= 0.6 is 0 Å². The highest BCUT2D eigenvalue weighted by Crippen LogP contribution is 2.19. The molecule has 2 aromatic carbocycles. The predicted molar refractivity (Wildman–Crippen MR) is 95.4 cm³/mol. The van der Waals surface area contributed by atoms with Gasteiger partial charge in [-0.15, -0.1) is 0 Å². The Balaban J connectivity index is 1.96. The van der Waals surface area contributed by atoms with Crippen molar-refractivity contribution in [2.24, 2.45) is 0 Å². The molecule has 2 N–H and O–H groups in total. The maximum atomic E-state index is 12.3. The molecular weight excluding hydrogens is 302 g/mol. The van der Waals surface area contributed by atoms with Gasteiger partial charge in [0.15, 0.2) is 0 Å². The monoisotopic (exact) mass is 327 g/mol. The highest BCUT2D eigenvalue weighted by atomic mass is 16.5. The number of hydrogen-bond donors (Lipinski definition) is 2. The minimum Gasteiger partial charge on any atom is -0.491 e. The Morgan fingerprint density at radius 1 is 1.12 bits per heavy atom. The fraction of sp³-hybridized carbons (Fsp3) is 0.350. The largest absolute Gasteiger partial charge is 0.491 e. The maximum absolute atomic E-state index is 12.3. The Morgan fingerprint density at radius 2 is 1.79 bits per heavy atom. The van der Waals surface area contributed by atoms with Crippen LogP contribution in [0, 0.1) is 13.8 Å². The zero-order valence-corrected chi connectivity index (χ0v) is 14.7. The first-order chi connectivity index (χ1) is 11.4. The lowest BCUT2D eigenvalue weighted by molar-refractivity contribution is 0.0915. The number of carbonyl (C=O) groups excluding carboxylic acids is 1. The van der Waals surface area contributed by atoms with Crippen LogP contribution in [0.5, 0.6) is 5.75 Å². The third-order valence-electron chi connectivity index (χ3n) is 3.94. The lowest BCUT2D eigenvalue weighted by Crippen LogP contribution is -2.29. The second-order valence-electron chi connectivity index (χ2n) is 6.21. The van der Waals surface area contributed by atoms with Gasteiger partial charge in [0, 0.05) is 12.1 Å². The number of nitrogens with one attached hydrogen (secondary N) is 1. The molecule has 0 fully saturated rings. The van der Waals surface area contributed by atoms with Crippen molar-refractivity contribution < 1.29 is 14.6 Å². The second-order valence-corrected chi connectivity index (χ2v) is 6.21. The van der Waals surface area contributed by atoms with Gasteiger partial charge in [-0.3, -0.25) is 4.79 Å². The summed E-state index contributed by atoms with van der Waals surface area (Å²) >= 11 is 0. The van der Waals surface area contributed by atoms with Crippen molar-refractivity contribution in [3.8, 4) is 5.75 Å². The number of aryl methyl sites for hydroxylation is 1. The molecule has 0 saturated heterocycles. The van der Waals surface area contributed by atoms with Crippen molar-refractivity contribution in [2.75, 3.05) is 6.54 Å².